The van der Waals surface area contributed by atoms with Crippen molar-refractivity contribution in [2.45, 2.75) is 4.90 Å². The maximum Gasteiger partial charge on any atom is 0.243 e. The highest BCUT2D eigenvalue weighted by Crippen LogP contribution is 2.32. The van der Waals surface area contributed by atoms with Crippen LogP contribution < -0.4 is 4.72 Å². The number of hydrogen-bond acceptors (Lipinski definition) is 2. The Bertz CT molecular complexity index is 469. The van der Waals surface area contributed by atoms with Crippen molar-refractivity contribution in [3.8, 4) is 0 Å². The van der Waals surface area contributed by atoms with Gasteiger partial charge in [0.1, 0.15) is 4.90 Å². The van der Waals surface area contributed by atoms with Crippen molar-refractivity contribution in [2.75, 3.05) is 12.4 Å². The van der Waals surface area contributed by atoms with E-state index in [1.165, 1.54) is 12.1 Å². The van der Waals surface area contributed by atoms with E-state index in [9.17, 15) is 8.42 Å². The first-order valence-electron chi connectivity index (χ1n) is 4.08. The lowest BCUT2D eigenvalue weighted by Crippen LogP contribution is -2.26. The lowest BCUT2D eigenvalue weighted by Gasteiger charge is -2.09. The average Bonchev–Trinajstić information content (AvgIpc) is 2.12. The maximum absolute atomic E-state index is 11.8. The van der Waals surface area contributed by atoms with Crippen LogP contribution in [0.1, 0.15) is 0 Å². The van der Waals surface area contributed by atoms with Gasteiger partial charge in [-0.2, -0.15) is 0 Å². The molecule has 0 aliphatic heterocycles. The third-order valence-corrected chi connectivity index (χ3v) is 4.65. The molecular weight excluding hydrogens is 360 g/mol. The Kier molecular flexibility index (Phi) is 5.35. The van der Waals surface area contributed by atoms with E-state index in [2.05, 4.69) is 20.7 Å². The number of halogens is 4. The van der Waals surface area contributed by atoms with E-state index in [1.54, 1.807) is 0 Å². The zero-order valence-corrected chi connectivity index (χ0v) is 12.5. The van der Waals surface area contributed by atoms with Gasteiger partial charge < -0.3 is 0 Å². The van der Waals surface area contributed by atoms with Gasteiger partial charge in [-0.05, 0) is 12.1 Å². The van der Waals surface area contributed by atoms with Crippen molar-refractivity contribution < 1.29 is 8.42 Å². The molecule has 0 spiro atoms. The molecule has 0 saturated heterocycles. The molecule has 1 N–H and O–H groups in total. The van der Waals surface area contributed by atoms with Gasteiger partial charge in [-0.15, -0.1) is 11.6 Å². The molecule has 1 aromatic carbocycles. The SMILES string of the molecule is O=S(=O)(NCCCl)c1c(Cl)cc(Br)cc1Cl. The second-order valence-electron chi connectivity index (χ2n) is 2.79. The molecule has 3 nitrogen and oxygen atoms in total. The lowest BCUT2D eigenvalue weighted by atomic mass is 10.4. The number of benzene rings is 1. The monoisotopic (exact) mass is 365 g/mol. The van der Waals surface area contributed by atoms with E-state index in [0.29, 0.717) is 4.47 Å². The minimum absolute atomic E-state index is 0.0569. The molecule has 0 heterocycles. The molecule has 8 heteroatoms. The van der Waals surface area contributed by atoms with Crippen molar-refractivity contribution >= 4 is 60.8 Å². The van der Waals surface area contributed by atoms with Gasteiger partial charge in [-0.1, -0.05) is 39.1 Å². The van der Waals surface area contributed by atoms with Crippen LogP contribution in [0.25, 0.3) is 0 Å². The van der Waals surface area contributed by atoms with Gasteiger partial charge in [-0.25, -0.2) is 13.1 Å². The summed E-state index contributed by atoms with van der Waals surface area (Å²) in [6, 6.07) is 2.92. The van der Waals surface area contributed by atoms with Crippen LogP contribution in [0, 0.1) is 0 Å². The Balaban J connectivity index is 3.23. The van der Waals surface area contributed by atoms with E-state index < -0.39 is 10.0 Å². The minimum atomic E-state index is -3.72. The van der Waals surface area contributed by atoms with Crippen molar-refractivity contribution in [3.63, 3.8) is 0 Å². The molecule has 0 bridgehead atoms. The molecule has 0 aromatic heterocycles. The second kappa shape index (κ2) is 5.89. The standard InChI is InChI=1S/C8H7BrCl3NO2S/c9-5-3-6(11)8(7(12)4-5)16(14,15)13-2-1-10/h3-4,13H,1-2H2. The smallest absolute Gasteiger partial charge is 0.210 e. The van der Waals surface area contributed by atoms with Gasteiger partial charge in [0.15, 0.2) is 0 Å². The number of alkyl halides is 1. The predicted molar refractivity (Wildman–Crippen MR) is 70.1 cm³/mol. The van der Waals surface area contributed by atoms with Crippen LogP contribution in [0.2, 0.25) is 10.0 Å². The van der Waals surface area contributed by atoms with Crippen LogP contribution >= 0.6 is 50.7 Å². The predicted octanol–water partition coefficient (Wildman–Crippen LogP) is 3.27. The van der Waals surface area contributed by atoms with Crippen molar-refractivity contribution in [3.05, 3.63) is 26.7 Å². The Labute approximate surface area is 117 Å². The van der Waals surface area contributed by atoms with E-state index in [4.69, 9.17) is 34.8 Å². The van der Waals surface area contributed by atoms with E-state index in [1.807, 2.05) is 0 Å². The highest BCUT2D eigenvalue weighted by atomic mass is 79.9. The number of sulfonamides is 1. The van der Waals surface area contributed by atoms with Crippen molar-refractivity contribution in [1.29, 1.82) is 0 Å². The van der Waals surface area contributed by atoms with Crippen molar-refractivity contribution in [1.82, 2.24) is 4.72 Å². The van der Waals surface area contributed by atoms with Crippen LogP contribution in [0.3, 0.4) is 0 Å². The third kappa shape index (κ3) is 3.48. The Morgan fingerprint density at radius 3 is 2.19 bits per heavy atom. The van der Waals surface area contributed by atoms with E-state index in [-0.39, 0.29) is 27.4 Å². The van der Waals surface area contributed by atoms with Gasteiger partial charge in [0.05, 0.1) is 10.0 Å². The molecule has 90 valence electrons. The first-order valence-corrected chi connectivity index (χ1v) is 7.65. The normalized spacial score (nSPS) is 11.8. The molecule has 16 heavy (non-hydrogen) atoms. The van der Waals surface area contributed by atoms with Gasteiger partial charge in [-0.3, -0.25) is 0 Å². The quantitative estimate of drug-likeness (QED) is 0.830. The molecule has 0 radical (unpaired) electrons. The van der Waals surface area contributed by atoms with Crippen LogP contribution in [-0.4, -0.2) is 20.8 Å². The van der Waals surface area contributed by atoms with Crippen molar-refractivity contribution in [2.24, 2.45) is 0 Å². The van der Waals surface area contributed by atoms with E-state index >= 15 is 0 Å². The zero-order chi connectivity index (χ0) is 12.3. The van der Waals surface area contributed by atoms with Crippen LogP contribution in [0.4, 0.5) is 0 Å². The first kappa shape index (κ1) is 14.5. The molecule has 1 aromatic rings. The second-order valence-corrected chi connectivity index (χ2v) is 6.60. The maximum atomic E-state index is 11.8. The molecular formula is C8H7BrCl3NO2S. The van der Waals surface area contributed by atoms with Gasteiger partial charge in [0, 0.05) is 16.9 Å². The number of rotatable bonds is 4. The minimum Gasteiger partial charge on any atom is -0.210 e. The summed E-state index contributed by atoms with van der Waals surface area (Å²) in [7, 11) is -3.72. The molecule has 0 atom stereocenters. The summed E-state index contributed by atoms with van der Waals surface area (Å²) in [5.74, 6) is 0.172. The molecule has 0 fully saturated rings. The molecule has 0 aliphatic carbocycles. The first-order chi connectivity index (χ1) is 7.38. The molecule has 0 unspecified atom stereocenters. The third-order valence-electron chi connectivity index (χ3n) is 1.62. The molecule has 0 saturated carbocycles. The van der Waals surface area contributed by atoms with Gasteiger partial charge in [0.25, 0.3) is 0 Å². The summed E-state index contributed by atoms with van der Waals surface area (Å²) in [5, 5.41) is 0.114. The number of hydrogen-bond donors (Lipinski definition) is 1. The van der Waals surface area contributed by atoms with Gasteiger partial charge >= 0.3 is 0 Å². The molecule has 0 amide bonds. The zero-order valence-electron chi connectivity index (χ0n) is 7.81. The fourth-order valence-electron chi connectivity index (χ4n) is 1.03. The Hall–Kier alpha value is 0.480. The highest BCUT2D eigenvalue weighted by molar-refractivity contribution is 9.10. The molecule has 1 rings (SSSR count). The van der Waals surface area contributed by atoms with Crippen LogP contribution in [0.5, 0.6) is 0 Å². The van der Waals surface area contributed by atoms with Crippen LogP contribution in [0.15, 0.2) is 21.5 Å². The largest absolute Gasteiger partial charge is 0.243 e. The fraction of sp³-hybridized carbons (Fsp3) is 0.250. The molecule has 0 aliphatic rings. The fourth-order valence-corrected chi connectivity index (χ4v) is 4.20. The van der Waals surface area contributed by atoms with E-state index in [0.717, 1.165) is 0 Å². The Morgan fingerprint density at radius 1 is 1.25 bits per heavy atom. The highest BCUT2D eigenvalue weighted by Gasteiger charge is 2.21. The summed E-state index contributed by atoms with van der Waals surface area (Å²) >= 11 is 20.2. The van der Waals surface area contributed by atoms with Gasteiger partial charge in [0.2, 0.25) is 10.0 Å². The summed E-state index contributed by atoms with van der Waals surface area (Å²) in [4.78, 5) is -0.135. The topological polar surface area (TPSA) is 46.2 Å². The summed E-state index contributed by atoms with van der Waals surface area (Å²) in [6.45, 7) is 0.118. The summed E-state index contributed by atoms with van der Waals surface area (Å²) < 4.78 is 26.5. The lowest BCUT2D eigenvalue weighted by molar-refractivity contribution is 0.584. The summed E-state index contributed by atoms with van der Waals surface area (Å²) in [6.07, 6.45) is 0. The van der Waals surface area contributed by atoms with Crippen LogP contribution in [-0.2, 0) is 10.0 Å². The summed E-state index contributed by atoms with van der Waals surface area (Å²) in [5.41, 5.74) is 0. The average molecular weight is 367 g/mol. The number of nitrogens with one attached hydrogen (secondary N) is 1. The Morgan fingerprint density at radius 2 is 1.75 bits per heavy atom.